The Hall–Kier alpha value is -1.82. The highest BCUT2D eigenvalue weighted by Gasteiger charge is 2.13. The summed E-state index contributed by atoms with van der Waals surface area (Å²) >= 11 is 0. The minimum absolute atomic E-state index is 0.215. The standard InChI is InChI=1S/C15H23FN4O/c1-4-19(5-2)7-6-8-20-13-10-14(21-3)11(16)9-12(13)18-15(20)17/h9-10H,4-8H2,1-3H3,(H2,17,18). The molecular formula is C15H23FN4O. The van der Waals surface area contributed by atoms with E-state index in [4.69, 9.17) is 10.5 Å². The van der Waals surface area contributed by atoms with E-state index in [0.717, 1.165) is 38.1 Å². The number of benzene rings is 1. The zero-order chi connectivity index (χ0) is 15.4. The first kappa shape index (κ1) is 15.6. The van der Waals surface area contributed by atoms with Crippen LogP contribution in [0.4, 0.5) is 10.3 Å². The quantitative estimate of drug-likeness (QED) is 0.852. The minimum atomic E-state index is -0.419. The van der Waals surface area contributed by atoms with Crippen molar-refractivity contribution in [1.82, 2.24) is 14.5 Å². The number of hydrogen-bond donors (Lipinski definition) is 1. The molecule has 0 aliphatic heterocycles. The Morgan fingerprint density at radius 1 is 1.33 bits per heavy atom. The highest BCUT2D eigenvalue weighted by molar-refractivity contribution is 5.80. The molecule has 21 heavy (non-hydrogen) atoms. The van der Waals surface area contributed by atoms with Crippen molar-refractivity contribution >= 4 is 17.0 Å². The molecule has 6 heteroatoms. The van der Waals surface area contributed by atoms with Gasteiger partial charge in [-0.3, -0.25) is 0 Å². The van der Waals surface area contributed by atoms with Crippen LogP contribution in [0.3, 0.4) is 0 Å². The topological polar surface area (TPSA) is 56.3 Å². The van der Waals surface area contributed by atoms with Gasteiger partial charge in [0.05, 0.1) is 18.1 Å². The van der Waals surface area contributed by atoms with Gasteiger partial charge in [-0.25, -0.2) is 9.37 Å². The summed E-state index contributed by atoms with van der Waals surface area (Å²) in [6.45, 7) is 8.14. The first-order valence-corrected chi connectivity index (χ1v) is 7.32. The molecule has 2 aromatic rings. The fourth-order valence-corrected chi connectivity index (χ4v) is 2.53. The number of aromatic nitrogens is 2. The van der Waals surface area contributed by atoms with Gasteiger partial charge in [0.15, 0.2) is 11.6 Å². The molecule has 0 aliphatic carbocycles. The second kappa shape index (κ2) is 6.76. The Labute approximate surface area is 124 Å². The van der Waals surface area contributed by atoms with Crippen molar-refractivity contribution in [3.05, 3.63) is 17.9 Å². The van der Waals surface area contributed by atoms with Crippen LogP contribution in [-0.4, -0.2) is 41.2 Å². The Morgan fingerprint density at radius 2 is 2.05 bits per heavy atom. The number of nitrogens with two attached hydrogens (primary N) is 1. The molecule has 1 aromatic carbocycles. The van der Waals surface area contributed by atoms with Crippen LogP contribution in [0.5, 0.6) is 5.75 Å². The predicted octanol–water partition coefficient (Wildman–Crippen LogP) is 2.50. The molecule has 5 nitrogen and oxygen atoms in total. The van der Waals surface area contributed by atoms with Crippen molar-refractivity contribution in [1.29, 1.82) is 0 Å². The van der Waals surface area contributed by atoms with Crippen LogP contribution in [0.2, 0.25) is 0 Å². The Kier molecular flexibility index (Phi) is 5.01. The van der Waals surface area contributed by atoms with E-state index >= 15 is 0 Å². The SMILES string of the molecule is CCN(CC)CCCn1c(N)nc2cc(F)c(OC)cc21. The third-order valence-corrected chi connectivity index (χ3v) is 3.80. The molecule has 0 amide bonds. The number of halogens is 1. The van der Waals surface area contributed by atoms with E-state index in [1.54, 1.807) is 6.07 Å². The van der Waals surface area contributed by atoms with E-state index in [0.29, 0.717) is 11.5 Å². The van der Waals surface area contributed by atoms with Gasteiger partial charge in [-0.05, 0) is 26.1 Å². The van der Waals surface area contributed by atoms with Crippen molar-refractivity contribution in [3.8, 4) is 5.75 Å². The van der Waals surface area contributed by atoms with E-state index in [1.165, 1.54) is 13.2 Å². The summed E-state index contributed by atoms with van der Waals surface area (Å²) in [7, 11) is 1.45. The third kappa shape index (κ3) is 3.26. The number of methoxy groups -OCH3 is 1. The highest BCUT2D eigenvalue weighted by atomic mass is 19.1. The summed E-state index contributed by atoms with van der Waals surface area (Å²) in [5, 5.41) is 0. The normalized spacial score (nSPS) is 11.5. The average Bonchev–Trinajstić information content (AvgIpc) is 2.77. The lowest BCUT2D eigenvalue weighted by molar-refractivity contribution is 0.294. The molecule has 0 atom stereocenters. The number of aryl methyl sites for hydroxylation is 1. The molecule has 2 rings (SSSR count). The van der Waals surface area contributed by atoms with Crippen LogP contribution in [-0.2, 0) is 6.54 Å². The second-order valence-electron chi connectivity index (χ2n) is 4.98. The Bertz CT molecular complexity index is 607. The fraction of sp³-hybridized carbons (Fsp3) is 0.533. The van der Waals surface area contributed by atoms with E-state index in [9.17, 15) is 4.39 Å². The zero-order valence-corrected chi connectivity index (χ0v) is 12.9. The van der Waals surface area contributed by atoms with Crippen LogP contribution >= 0.6 is 0 Å². The number of hydrogen-bond acceptors (Lipinski definition) is 4. The average molecular weight is 294 g/mol. The van der Waals surface area contributed by atoms with Gasteiger partial charge >= 0.3 is 0 Å². The van der Waals surface area contributed by atoms with E-state index in [2.05, 4.69) is 23.7 Å². The van der Waals surface area contributed by atoms with Crippen molar-refractivity contribution in [2.24, 2.45) is 0 Å². The first-order valence-electron chi connectivity index (χ1n) is 7.32. The predicted molar refractivity (Wildman–Crippen MR) is 83.1 cm³/mol. The second-order valence-corrected chi connectivity index (χ2v) is 4.98. The molecule has 0 unspecified atom stereocenters. The number of ether oxygens (including phenoxy) is 1. The summed E-state index contributed by atoms with van der Waals surface area (Å²) in [4.78, 5) is 6.58. The lowest BCUT2D eigenvalue weighted by Crippen LogP contribution is -2.25. The number of fused-ring (bicyclic) bond motifs is 1. The number of imidazole rings is 1. The smallest absolute Gasteiger partial charge is 0.201 e. The fourth-order valence-electron chi connectivity index (χ4n) is 2.53. The van der Waals surface area contributed by atoms with Gasteiger partial charge in [-0.1, -0.05) is 13.8 Å². The molecule has 0 bridgehead atoms. The van der Waals surface area contributed by atoms with Crippen LogP contribution in [0.25, 0.3) is 11.0 Å². The molecule has 0 saturated carbocycles. The minimum Gasteiger partial charge on any atom is -0.494 e. The van der Waals surface area contributed by atoms with Crippen molar-refractivity contribution in [3.63, 3.8) is 0 Å². The summed E-state index contributed by atoms with van der Waals surface area (Å²) in [5.41, 5.74) is 7.33. The molecule has 1 aromatic heterocycles. The largest absolute Gasteiger partial charge is 0.494 e. The molecule has 0 aliphatic rings. The first-order chi connectivity index (χ1) is 10.1. The molecule has 0 saturated heterocycles. The monoisotopic (exact) mass is 294 g/mol. The van der Waals surface area contributed by atoms with Gasteiger partial charge in [-0.15, -0.1) is 0 Å². The molecule has 116 valence electrons. The van der Waals surface area contributed by atoms with E-state index in [1.807, 2.05) is 4.57 Å². The molecule has 0 radical (unpaired) electrons. The maximum absolute atomic E-state index is 13.7. The van der Waals surface area contributed by atoms with E-state index < -0.39 is 5.82 Å². The van der Waals surface area contributed by atoms with Gasteiger partial charge in [-0.2, -0.15) is 0 Å². The van der Waals surface area contributed by atoms with Crippen molar-refractivity contribution in [2.45, 2.75) is 26.8 Å². The summed E-state index contributed by atoms with van der Waals surface area (Å²) in [6, 6.07) is 3.02. The highest BCUT2D eigenvalue weighted by Crippen LogP contribution is 2.26. The van der Waals surface area contributed by atoms with Crippen molar-refractivity contribution in [2.75, 3.05) is 32.5 Å². The van der Waals surface area contributed by atoms with Gasteiger partial charge in [0.25, 0.3) is 0 Å². The number of nitrogen functional groups attached to an aromatic ring is 1. The maximum atomic E-state index is 13.7. The maximum Gasteiger partial charge on any atom is 0.201 e. The summed E-state index contributed by atoms with van der Waals surface area (Å²) < 4.78 is 20.6. The van der Waals surface area contributed by atoms with Gasteiger partial charge in [0.1, 0.15) is 0 Å². The number of anilines is 1. The lowest BCUT2D eigenvalue weighted by Gasteiger charge is -2.18. The molecule has 1 heterocycles. The molecule has 0 spiro atoms. The van der Waals surface area contributed by atoms with Crippen molar-refractivity contribution < 1.29 is 9.13 Å². The Morgan fingerprint density at radius 3 is 2.67 bits per heavy atom. The number of nitrogens with zero attached hydrogens (tertiary/aromatic N) is 3. The van der Waals surface area contributed by atoms with Gasteiger partial charge in [0.2, 0.25) is 5.95 Å². The van der Waals surface area contributed by atoms with Crippen LogP contribution < -0.4 is 10.5 Å². The van der Waals surface area contributed by atoms with Gasteiger partial charge < -0.3 is 19.9 Å². The van der Waals surface area contributed by atoms with Crippen LogP contribution in [0.15, 0.2) is 12.1 Å². The molecular weight excluding hydrogens is 271 g/mol. The van der Waals surface area contributed by atoms with Gasteiger partial charge in [0, 0.05) is 18.7 Å². The number of rotatable bonds is 7. The molecule has 0 fully saturated rings. The van der Waals surface area contributed by atoms with E-state index in [-0.39, 0.29) is 5.75 Å². The molecule has 2 N–H and O–H groups in total. The summed E-state index contributed by atoms with van der Waals surface area (Å²) in [6.07, 6.45) is 0.969. The lowest BCUT2D eigenvalue weighted by atomic mass is 10.2. The summed E-state index contributed by atoms with van der Waals surface area (Å²) in [5.74, 6) is 0.211. The third-order valence-electron chi connectivity index (χ3n) is 3.80. The van der Waals surface area contributed by atoms with Crippen LogP contribution in [0, 0.1) is 5.82 Å². The van der Waals surface area contributed by atoms with Crippen LogP contribution in [0.1, 0.15) is 20.3 Å². The Balaban J connectivity index is 2.21. The zero-order valence-electron chi connectivity index (χ0n) is 12.9.